The minimum absolute atomic E-state index is 0.630. The summed E-state index contributed by atoms with van der Waals surface area (Å²) in [5.41, 5.74) is 11.4. The summed E-state index contributed by atoms with van der Waals surface area (Å²) in [6, 6.07) is 92.3. The van der Waals surface area contributed by atoms with Crippen molar-refractivity contribution < 1.29 is 0 Å². The maximum Gasteiger partial charge on any atom is 0.179 e. The van der Waals surface area contributed by atoms with E-state index in [1.807, 2.05) is 0 Å². The van der Waals surface area contributed by atoms with E-state index < -0.39 is 8.07 Å². The molecule has 0 amide bonds. The molecule has 0 aliphatic carbocycles. The minimum atomic E-state index is -2.80. The van der Waals surface area contributed by atoms with Crippen molar-refractivity contribution in [2.45, 2.75) is 13.8 Å². The highest BCUT2D eigenvalue weighted by molar-refractivity contribution is 7.19. The van der Waals surface area contributed by atoms with Crippen LogP contribution in [0.15, 0.2) is 255 Å². The second kappa shape index (κ2) is 17.8. The predicted octanol–water partition coefficient (Wildman–Crippen LogP) is 14.4. The van der Waals surface area contributed by atoms with Crippen LogP contribution in [0.25, 0.3) is 27.5 Å². The van der Waals surface area contributed by atoms with Gasteiger partial charge in [0.25, 0.3) is 0 Å². The minimum Gasteiger partial charge on any atom is -0.309 e. The molecule has 3 nitrogen and oxygen atoms in total. The summed E-state index contributed by atoms with van der Waals surface area (Å²) < 4.78 is 2.40. The van der Waals surface area contributed by atoms with Crippen LogP contribution in [0.5, 0.6) is 0 Å². The number of benzene rings is 10. The van der Waals surface area contributed by atoms with E-state index in [9.17, 15) is 0 Å². The maximum atomic E-state index is 8.13. The molecule has 0 spiro atoms. The first-order valence-corrected chi connectivity index (χ1v) is 25.3. The van der Waals surface area contributed by atoms with E-state index in [-0.39, 0.29) is 0 Å². The van der Waals surface area contributed by atoms with Crippen molar-refractivity contribution in [3.05, 3.63) is 271 Å². The summed E-state index contributed by atoms with van der Waals surface area (Å²) >= 11 is 8.13. The molecular weight excluding hydrogens is 850 g/mol. The Morgan fingerprint density at radius 3 is 1.16 bits per heavy atom. The lowest BCUT2D eigenvalue weighted by molar-refractivity contribution is 1.15. The van der Waals surface area contributed by atoms with Crippen molar-refractivity contribution in [1.29, 1.82) is 0 Å². The molecule has 0 N–H and O–H groups in total. The van der Waals surface area contributed by atoms with Crippen molar-refractivity contribution in [3.8, 4) is 5.69 Å². The molecule has 0 aliphatic rings. The summed E-state index contributed by atoms with van der Waals surface area (Å²) in [5, 5.41) is 8.33. The molecule has 10 aromatic carbocycles. The summed E-state index contributed by atoms with van der Waals surface area (Å²) in [5.74, 6) is 0. The normalized spacial score (nSPS) is 11.5. The Labute approximate surface area is 399 Å². The van der Waals surface area contributed by atoms with Crippen LogP contribution in [0.3, 0.4) is 0 Å². The van der Waals surface area contributed by atoms with Gasteiger partial charge in [-0.15, -0.1) is 0 Å². The molecule has 11 aromatic rings. The summed E-state index contributed by atoms with van der Waals surface area (Å²) in [6.45, 7) is 4.40. The van der Waals surface area contributed by atoms with Crippen molar-refractivity contribution >= 4 is 96.4 Å². The second-order valence-electron chi connectivity index (χ2n) is 17.1. The zero-order valence-electron chi connectivity index (χ0n) is 37.5. The number of nitrogens with zero attached hydrogens (tertiary/aromatic N) is 3. The molecule has 0 atom stereocenters. The number of hydrogen-bond donors (Lipinski definition) is 0. The third-order valence-corrected chi connectivity index (χ3v) is 18.4. The fraction of sp³-hybridized carbons (Fsp3) is 0.0323. The van der Waals surface area contributed by atoms with Gasteiger partial charge in [-0.3, -0.25) is 0 Å². The Balaban J connectivity index is 1.21. The van der Waals surface area contributed by atoms with Gasteiger partial charge >= 0.3 is 0 Å². The topological polar surface area (TPSA) is 11.4 Å². The third kappa shape index (κ3) is 7.32. The molecule has 0 saturated carbocycles. The molecule has 0 radical (unpaired) electrons. The average molecular weight is 899 g/mol. The molecule has 0 saturated heterocycles. The van der Waals surface area contributed by atoms with E-state index in [4.69, 9.17) is 11.6 Å². The first kappa shape index (κ1) is 41.8. The van der Waals surface area contributed by atoms with Gasteiger partial charge in [0.2, 0.25) is 0 Å². The number of para-hydroxylation sites is 5. The molecule has 1 aromatic heterocycles. The summed E-state index contributed by atoms with van der Waals surface area (Å²) in [6.07, 6.45) is 0. The van der Waals surface area contributed by atoms with Crippen LogP contribution in [-0.4, -0.2) is 12.6 Å². The lowest BCUT2D eigenvalue weighted by Crippen LogP contribution is -2.74. The van der Waals surface area contributed by atoms with Gasteiger partial charge < -0.3 is 14.4 Å². The Kier molecular flexibility index (Phi) is 11.1. The summed E-state index contributed by atoms with van der Waals surface area (Å²) in [7, 11) is -2.80. The largest absolute Gasteiger partial charge is 0.309 e. The fourth-order valence-corrected chi connectivity index (χ4v) is 15.3. The number of halogens is 1. The Morgan fingerprint density at radius 1 is 0.358 bits per heavy atom. The Bertz CT molecular complexity index is 3280. The molecule has 67 heavy (non-hydrogen) atoms. The van der Waals surface area contributed by atoms with Crippen LogP contribution in [0.1, 0.15) is 11.1 Å². The molecule has 0 fully saturated rings. The van der Waals surface area contributed by atoms with E-state index in [1.54, 1.807) is 0 Å². The van der Waals surface area contributed by atoms with Crippen LogP contribution < -0.4 is 30.5 Å². The van der Waals surface area contributed by atoms with Crippen LogP contribution in [-0.2, 0) is 0 Å². The fourth-order valence-electron chi connectivity index (χ4n) is 10.3. The highest BCUT2D eigenvalue weighted by Gasteiger charge is 2.41. The van der Waals surface area contributed by atoms with Gasteiger partial charge in [-0.1, -0.05) is 206 Å². The number of aromatic nitrogens is 1. The van der Waals surface area contributed by atoms with Gasteiger partial charge in [-0.25, -0.2) is 0 Å². The highest BCUT2D eigenvalue weighted by Crippen LogP contribution is 2.50. The van der Waals surface area contributed by atoms with Gasteiger partial charge in [-0.05, 0) is 106 Å². The predicted molar refractivity (Wildman–Crippen MR) is 288 cm³/mol. The molecule has 11 rings (SSSR count). The summed E-state index contributed by atoms with van der Waals surface area (Å²) in [4.78, 5) is 4.68. The molecule has 5 heteroatoms. The number of fused-ring (bicyclic) bond motifs is 3. The van der Waals surface area contributed by atoms with Gasteiger partial charge in [-0.2, -0.15) is 0 Å². The van der Waals surface area contributed by atoms with E-state index in [1.165, 1.54) is 31.5 Å². The number of rotatable bonds is 11. The standard InChI is InChI=1S/C62H48ClN3Si/c1-45-23-22-24-46(2)62(45)66(49-39-41-54(42-40-49)67(51-29-12-5-13-30-51,52-31-14-6-15-32-52)53-33-16-7-17-34-53)60-44-50(65-57-37-20-18-35-55(57)56-36-19-21-38-58(56)65)43-59(61(60)63)64(47-25-8-3-9-26-47)48-27-10-4-11-28-48/h3-44H,1-2H3. The number of aryl methyl sites for hydroxylation is 2. The average Bonchev–Trinajstić information content (AvgIpc) is 3.72. The smallest absolute Gasteiger partial charge is 0.179 e. The van der Waals surface area contributed by atoms with Gasteiger partial charge in [0.1, 0.15) is 0 Å². The molecule has 0 aliphatic heterocycles. The number of hydrogen-bond acceptors (Lipinski definition) is 2. The van der Waals surface area contributed by atoms with Crippen molar-refractivity contribution in [2.24, 2.45) is 0 Å². The molecule has 0 unspecified atom stereocenters. The first-order chi connectivity index (χ1) is 33.0. The van der Waals surface area contributed by atoms with Crippen molar-refractivity contribution in [1.82, 2.24) is 4.57 Å². The van der Waals surface area contributed by atoms with E-state index >= 15 is 0 Å². The molecule has 322 valence electrons. The zero-order valence-corrected chi connectivity index (χ0v) is 39.2. The van der Waals surface area contributed by atoms with Crippen molar-refractivity contribution in [2.75, 3.05) is 9.80 Å². The van der Waals surface area contributed by atoms with Crippen LogP contribution >= 0.6 is 11.6 Å². The lowest BCUT2D eigenvalue weighted by Gasteiger charge is -2.36. The van der Waals surface area contributed by atoms with Crippen LogP contribution in [0.2, 0.25) is 5.02 Å². The van der Waals surface area contributed by atoms with Crippen LogP contribution in [0.4, 0.5) is 34.1 Å². The van der Waals surface area contributed by atoms with Gasteiger partial charge in [0, 0.05) is 27.8 Å². The zero-order chi connectivity index (χ0) is 45.3. The second-order valence-corrected chi connectivity index (χ2v) is 21.3. The van der Waals surface area contributed by atoms with Gasteiger partial charge in [0.05, 0.1) is 38.8 Å². The quantitative estimate of drug-likeness (QED) is 0.0947. The van der Waals surface area contributed by atoms with E-state index in [0.29, 0.717) is 5.02 Å². The monoisotopic (exact) mass is 897 g/mol. The van der Waals surface area contributed by atoms with E-state index in [0.717, 1.165) is 62.0 Å². The Hall–Kier alpha value is -7.89. The van der Waals surface area contributed by atoms with Crippen LogP contribution in [0, 0.1) is 13.8 Å². The van der Waals surface area contributed by atoms with Gasteiger partial charge in [0.15, 0.2) is 8.07 Å². The lowest BCUT2D eigenvalue weighted by atomic mass is 10.0. The number of anilines is 6. The third-order valence-electron chi connectivity index (χ3n) is 13.2. The molecule has 0 bridgehead atoms. The Morgan fingerprint density at radius 2 is 0.716 bits per heavy atom. The maximum absolute atomic E-state index is 8.13. The highest BCUT2D eigenvalue weighted by atomic mass is 35.5. The SMILES string of the molecule is Cc1cccc(C)c1N(c1ccc([Si](c2ccccc2)(c2ccccc2)c2ccccc2)cc1)c1cc(-n2c3ccccc3c3ccccc32)cc(N(c2ccccc2)c2ccccc2)c1Cl. The molecular formula is C62H48ClN3Si. The van der Waals surface area contributed by atoms with E-state index in [2.05, 4.69) is 283 Å². The first-order valence-electron chi connectivity index (χ1n) is 22.9. The van der Waals surface area contributed by atoms with Crippen molar-refractivity contribution in [3.63, 3.8) is 0 Å². The molecule has 1 heterocycles.